The third-order valence-electron chi connectivity index (χ3n) is 10.8. The van der Waals surface area contributed by atoms with Crippen LogP contribution in [0.1, 0.15) is 85.5 Å². The van der Waals surface area contributed by atoms with Crippen molar-refractivity contribution in [3.05, 3.63) is 88.7 Å². The van der Waals surface area contributed by atoms with E-state index in [0.29, 0.717) is 28.3 Å². The van der Waals surface area contributed by atoms with Gasteiger partial charge in [-0.2, -0.15) is 8.61 Å². The number of halogens is 1. The molecule has 0 bridgehead atoms. The van der Waals surface area contributed by atoms with Gasteiger partial charge in [-0.1, -0.05) is 12.1 Å². The van der Waals surface area contributed by atoms with E-state index in [2.05, 4.69) is 51.7 Å². The SMILES string of the molecule is CC(C)N1Cc2cc(F)c(C(=O)Nc3cccc(-c4nnnn4[C@H](C)CO)n3)cc2S1(=O)=O.COc1cc2c(cc1C(=O)Nc1cccc(-c3nnnn3[C@H](C)CO)n1)S(=O)(=O)N(C(C)C)C2. The Morgan fingerprint density at radius 1 is 0.687 bits per heavy atom. The molecule has 0 unspecified atom stereocenters. The number of anilines is 2. The van der Waals surface area contributed by atoms with Gasteiger partial charge in [0.15, 0.2) is 0 Å². The van der Waals surface area contributed by atoms with Gasteiger partial charge in [0.05, 0.1) is 53.3 Å². The Morgan fingerprint density at radius 3 is 1.55 bits per heavy atom. The molecule has 2 aromatic carbocycles. The molecule has 23 nitrogen and oxygen atoms in total. The van der Waals surface area contributed by atoms with E-state index < -0.39 is 49.3 Å². The molecule has 0 aliphatic carbocycles. The molecule has 0 radical (unpaired) electrons. The van der Waals surface area contributed by atoms with Crippen LogP contribution in [0.5, 0.6) is 5.75 Å². The molecular weight excluding hydrogens is 916 g/mol. The molecule has 354 valence electrons. The third kappa shape index (κ3) is 9.48. The number of tetrazole rings is 2. The Balaban J connectivity index is 0.000000199. The molecule has 6 heterocycles. The summed E-state index contributed by atoms with van der Waals surface area (Å²) < 4.78 is 77.0. The number of aliphatic hydroxyl groups excluding tert-OH is 2. The number of sulfonamides is 2. The number of methoxy groups -OCH3 is 1. The number of carbonyl (C=O) groups excluding carboxylic acids is 2. The van der Waals surface area contributed by atoms with Crippen molar-refractivity contribution in [1.29, 1.82) is 0 Å². The van der Waals surface area contributed by atoms with Crippen LogP contribution in [-0.2, 0) is 33.1 Å². The van der Waals surface area contributed by atoms with E-state index in [4.69, 9.17) is 4.74 Å². The molecule has 26 heteroatoms. The highest BCUT2D eigenvalue weighted by atomic mass is 32.2. The van der Waals surface area contributed by atoms with Crippen molar-refractivity contribution in [2.24, 2.45) is 0 Å². The number of benzene rings is 2. The normalized spacial score (nSPS) is 15.9. The van der Waals surface area contributed by atoms with E-state index >= 15 is 0 Å². The largest absolute Gasteiger partial charge is 0.496 e. The topological polar surface area (TPSA) is 296 Å². The predicted molar refractivity (Wildman–Crippen MR) is 237 cm³/mol. The molecule has 4 N–H and O–H groups in total. The van der Waals surface area contributed by atoms with Crippen LogP contribution in [0.25, 0.3) is 23.0 Å². The lowest BCUT2D eigenvalue weighted by molar-refractivity contribution is 0.101. The fourth-order valence-electron chi connectivity index (χ4n) is 7.22. The van der Waals surface area contributed by atoms with Crippen LogP contribution in [0.4, 0.5) is 16.0 Å². The van der Waals surface area contributed by atoms with Crippen molar-refractivity contribution in [1.82, 2.24) is 59.0 Å². The number of hydrogen-bond donors (Lipinski definition) is 4. The second-order valence-corrected chi connectivity index (χ2v) is 19.8. The first-order chi connectivity index (χ1) is 31.8. The van der Waals surface area contributed by atoms with Gasteiger partial charge in [-0.05, 0) is 122 Å². The summed E-state index contributed by atoms with van der Waals surface area (Å²) >= 11 is 0. The van der Waals surface area contributed by atoms with Gasteiger partial charge in [0.1, 0.15) is 34.6 Å². The summed E-state index contributed by atoms with van der Waals surface area (Å²) in [6, 6.07) is 13.4. The van der Waals surface area contributed by atoms with Gasteiger partial charge in [-0.25, -0.2) is 40.6 Å². The van der Waals surface area contributed by atoms with E-state index in [0.717, 1.165) is 12.1 Å². The first-order valence-corrected chi connectivity index (χ1v) is 23.6. The number of carbonyl (C=O) groups is 2. The molecule has 6 aromatic rings. The van der Waals surface area contributed by atoms with Crippen LogP contribution in [0.15, 0.2) is 70.5 Å². The summed E-state index contributed by atoms with van der Waals surface area (Å²) in [7, 11) is -6.11. The lowest BCUT2D eigenvalue weighted by atomic mass is 10.1. The van der Waals surface area contributed by atoms with E-state index in [1.807, 2.05) is 0 Å². The Morgan fingerprint density at radius 2 is 1.12 bits per heavy atom. The maximum atomic E-state index is 14.7. The van der Waals surface area contributed by atoms with Gasteiger partial charge >= 0.3 is 0 Å². The second-order valence-electron chi connectivity index (χ2n) is 16.1. The molecule has 2 atom stereocenters. The summed E-state index contributed by atoms with van der Waals surface area (Å²) in [5.74, 6) is -1.09. The standard InChI is InChI=1S/C21H25N7O5S.C20H22FN7O4S/c1-12(2)27-10-14-8-17(33-4)15(9-18(14)34(27,31)32)21(30)23-19-7-5-6-16(22-19)20-24-25-26-28(20)13(3)11-29;1-11(2)27-9-13-7-15(21)14(8-17(13)33(27,31)32)20(30)23-18-6-4-5-16(22-18)19-24-25-26-28(19)12(3)10-29/h5-9,12-13,29H,10-11H2,1-4H3,(H,22,23,30);4-8,11-12,29H,9-10H2,1-3H3,(H,22,23,30)/t13-;12-/m11/s1. The molecule has 2 aliphatic rings. The molecule has 2 aliphatic heterocycles. The Labute approximate surface area is 384 Å². The van der Waals surface area contributed by atoms with Crippen molar-refractivity contribution in [3.8, 4) is 28.8 Å². The van der Waals surface area contributed by atoms with Crippen LogP contribution in [-0.4, -0.2) is 130 Å². The lowest BCUT2D eigenvalue weighted by Gasteiger charge is -2.18. The van der Waals surface area contributed by atoms with Crippen LogP contribution in [0.3, 0.4) is 0 Å². The minimum atomic E-state index is -3.82. The van der Waals surface area contributed by atoms with E-state index in [9.17, 15) is 41.0 Å². The molecule has 0 fully saturated rings. The number of pyridine rings is 2. The monoisotopic (exact) mass is 962 g/mol. The second kappa shape index (κ2) is 19.3. The van der Waals surface area contributed by atoms with Gasteiger partial charge in [-0.15, -0.1) is 10.2 Å². The van der Waals surface area contributed by atoms with Gasteiger partial charge in [0.25, 0.3) is 11.8 Å². The molecule has 0 spiro atoms. The van der Waals surface area contributed by atoms with Crippen molar-refractivity contribution in [2.75, 3.05) is 31.0 Å². The highest BCUT2D eigenvalue weighted by molar-refractivity contribution is 7.89. The van der Waals surface area contributed by atoms with Gasteiger partial charge in [0, 0.05) is 25.2 Å². The van der Waals surface area contributed by atoms with Crippen molar-refractivity contribution in [2.45, 2.75) is 88.6 Å². The number of hydrogen-bond acceptors (Lipinski definition) is 17. The fraction of sp³-hybridized carbons (Fsp3) is 0.366. The van der Waals surface area contributed by atoms with E-state index in [1.54, 1.807) is 77.9 Å². The Bertz CT molecular complexity index is 3070. The van der Waals surface area contributed by atoms with Crippen LogP contribution in [0, 0.1) is 5.82 Å². The molecule has 67 heavy (non-hydrogen) atoms. The van der Waals surface area contributed by atoms with Crippen LogP contribution in [0.2, 0.25) is 0 Å². The molecule has 0 saturated carbocycles. The zero-order valence-electron chi connectivity index (χ0n) is 37.2. The number of nitrogens with zero attached hydrogens (tertiary/aromatic N) is 12. The van der Waals surface area contributed by atoms with Crippen molar-refractivity contribution >= 4 is 43.5 Å². The minimum Gasteiger partial charge on any atom is -0.496 e. The number of ether oxygens (including phenoxy) is 1. The first kappa shape index (κ1) is 48.2. The Hall–Kier alpha value is -6.71. The van der Waals surface area contributed by atoms with E-state index in [1.165, 1.54) is 37.2 Å². The van der Waals surface area contributed by atoms with Gasteiger partial charge in [0.2, 0.25) is 31.7 Å². The third-order valence-corrected chi connectivity index (χ3v) is 15.0. The number of aliphatic hydroxyl groups is 2. The molecule has 4 aromatic heterocycles. The maximum absolute atomic E-state index is 14.7. The summed E-state index contributed by atoms with van der Waals surface area (Å²) in [5, 5.41) is 46.8. The van der Waals surface area contributed by atoms with E-state index in [-0.39, 0.29) is 83.0 Å². The summed E-state index contributed by atoms with van der Waals surface area (Å²) in [6.07, 6.45) is 0. The summed E-state index contributed by atoms with van der Waals surface area (Å²) in [5.41, 5.74) is 1.26. The molecular formula is C41H47FN14O9S2. The average Bonchev–Trinajstić information content (AvgIpc) is 4.10. The quantitative estimate of drug-likeness (QED) is 0.129. The van der Waals surface area contributed by atoms with Crippen molar-refractivity contribution < 1.29 is 45.8 Å². The number of aromatic nitrogens is 10. The van der Waals surface area contributed by atoms with Gasteiger partial charge in [-0.3, -0.25) is 9.59 Å². The first-order valence-electron chi connectivity index (χ1n) is 20.7. The highest BCUT2D eigenvalue weighted by Gasteiger charge is 2.39. The van der Waals surface area contributed by atoms with Crippen LogP contribution >= 0.6 is 0 Å². The van der Waals surface area contributed by atoms with Gasteiger partial charge < -0.3 is 25.6 Å². The average molecular weight is 963 g/mol. The summed E-state index contributed by atoms with van der Waals surface area (Å²) in [6.45, 7) is 10.4. The molecule has 0 saturated heterocycles. The Kier molecular flexibility index (Phi) is 13.9. The predicted octanol–water partition coefficient (Wildman–Crippen LogP) is 3.05. The number of fused-ring (bicyclic) bond motifs is 2. The van der Waals surface area contributed by atoms with Crippen molar-refractivity contribution in [3.63, 3.8) is 0 Å². The number of rotatable bonds is 13. The summed E-state index contributed by atoms with van der Waals surface area (Å²) in [4.78, 5) is 34.6. The smallest absolute Gasteiger partial charge is 0.260 e. The number of nitrogens with one attached hydrogen (secondary N) is 2. The highest BCUT2D eigenvalue weighted by Crippen LogP contribution is 2.37. The minimum absolute atomic E-state index is 0.0543. The maximum Gasteiger partial charge on any atom is 0.260 e. The molecule has 8 rings (SSSR count). The number of amides is 2. The lowest BCUT2D eigenvalue weighted by Crippen LogP contribution is -2.31. The molecule has 2 amide bonds. The zero-order valence-corrected chi connectivity index (χ0v) is 38.9. The van der Waals surface area contributed by atoms with Crippen LogP contribution < -0.4 is 15.4 Å². The fourth-order valence-corrected chi connectivity index (χ4v) is 10.9. The zero-order chi connectivity index (χ0) is 48.5.